The summed E-state index contributed by atoms with van der Waals surface area (Å²) in [4.78, 5) is 27.8. The topological polar surface area (TPSA) is 75.9 Å². The molecule has 1 atom stereocenters. The molecule has 1 fully saturated rings. The van der Waals surface area contributed by atoms with Crippen LogP contribution in [0.2, 0.25) is 0 Å². The van der Waals surface area contributed by atoms with Crippen LogP contribution in [-0.4, -0.2) is 49.5 Å². The normalized spacial score (nSPS) is 19.9. The largest absolute Gasteiger partial charge is 0.482 e. The first-order valence-corrected chi connectivity index (χ1v) is 7.69. The van der Waals surface area contributed by atoms with Gasteiger partial charge in [0.05, 0.1) is 5.69 Å². The van der Waals surface area contributed by atoms with Crippen LogP contribution >= 0.6 is 12.4 Å². The van der Waals surface area contributed by atoms with E-state index in [2.05, 4.69) is 0 Å². The fourth-order valence-corrected chi connectivity index (χ4v) is 3.02. The minimum atomic E-state index is -0.104. The highest BCUT2D eigenvalue weighted by molar-refractivity contribution is 5.98. The zero-order chi connectivity index (χ0) is 15.5. The zero-order valence-corrected chi connectivity index (χ0v) is 13.8. The molecule has 1 aromatic rings. The number of nitrogens with zero attached hydrogens (tertiary/aromatic N) is 2. The van der Waals surface area contributed by atoms with E-state index in [0.717, 1.165) is 25.2 Å². The van der Waals surface area contributed by atoms with Crippen LogP contribution in [0, 0.1) is 5.92 Å². The first-order chi connectivity index (χ1) is 10.7. The van der Waals surface area contributed by atoms with Crippen molar-refractivity contribution in [1.29, 1.82) is 0 Å². The number of para-hydroxylation sites is 2. The van der Waals surface area contributed by atoms with Gasteiger partial charge in [0.25, 0.3) is 5.91 Å². The molecule has 7 heteroatoms. The van der Waals surface area contributed by atoms with Gasteiger partial charge in [-0.25, -0.2) is 0 Å². The predicted octanol–water partition coefficient (Wildman–Crippen LogP) is 1.03. The van der Waals surface area contributed by atoms with Crippen molar-refractivity contribution in [2.45, 2.75) is 12.8 Å². The molecule has 23 heavy (non-hydrogen) atoms. The number of ether oxygens (including phenoxy) is 1. The Morgan fingerprint density at radius 2 is 2.13 bits per heavy atom. The van der Waals surface area contributed by atoms with E-state index in [1.807, 2.05) is 29.2 Å². The van der Waals surface area contributed by atoms with Crippen LogP contribution in [0.3, 0.4) is 0 Å². The van der Waals surface area contributed by atoms with Gasteiger partial charge in [0.15, 0.2) is 6.61 Å². The van der Waals surface area contributed by atoms with Crippen molar-refractivity contribution in [2.75, 3.05) is 37.7 Å². The molecule has 3 rings (SSSR count). The lowest BCUT2D eigenvalue weighted by Crippen LogP contribution is -2.41. The third kappa shape index (κ3) is 3.76. The number of carbonyl (C=O) groups is 2. The maximum Gasteiger partial charge on any atom is 0.265 e. The third-order valence-corrected chi connectivity index (χ3v) is 4.33. The average molecular weight is 340 g/mol. The molecule has 0 bridgehead atoms. The molecule has 2 amide bonds. The number of halogens is 1. The van der Waals surface area contributed by atoms with Crippen LogP contribution in [0.1, 0.15) is 12.8 Å². The number of hydrogen-bond acceptors (Lipinski definition) is 4. The van der Waals surface area contributed by atoms with E-state index in [1.54, 1.807) is 4.90 Å². The predicted molar refractivity (Wildman–Crippen MR) is 89.9 cm³/mol. The number of nitrogens with two attached hydrogens (primary N) is 1. The van der Waals surface area contributed by atoms with E-state index in [0.29, 0.717) is 31.2 Å². The number of fused-ring (bicyclic) bond motifs is 1. The van der Waals surface area contributed by atoms with Crippen molar-refractivity contribution in [3.8, 4) is 5.75 Å². The Kier molecular flexibility index (Phi) is 5.85. The molecule has 2 heterocycles. The molecule has 1 aromatic carbocycles. The van der Waals surface area contributed by atoms with Crippen molar-refractivity contribution >= 4 is 29.9 Å². The van der Waals surface area contributed by atoms with Gasteiger partial charge < -0.3 is 20.3 Å². The van der Waals surface area contributed by atoms with E-state index >= 15 is 0 Å². The first kappa shape index (κ1) is 17.6. The molecule has 2 aliphatic heterocycles. The molecular weight excluding hydrogens is 318 g/mol. The minimum absolute atomic E-state index is 0. The highest BCUT2D eigenvalue weighted by Crippen LogP contribution is 2.31. The summed E-state index contributed by atoms with van der Waals surface area (Å²) in [6.07, 6.45) is 1.30. The van der Waals surface area contributed by atoms with E-state index < -0.39 is 0 Å². The number of rotatable bonds is 4. The monoisotopic (exact) mass is 339 g/mol. The van der Waals surface area contributed by atoms with Gasteiger partial charge in [-0.05, 0) is 31.0 Å². The van der Waals surface area contributed by atoms with Gasteiger partial charge >= 0.3 is 0 Å². The van der Waals surface area contributed by atoms with Gasteiger partial charge in [0.2, 0.25) is 5.91 Å². The molecule has 2 N–H and O–H groups in total. The van der Waals surface area contributed by atoms with E-state index in [4.69, 9.17) is 10.5 Å². The van der Waals surface area contributed by atoms with Crippen molar-refractivity contribution in [1.82, 2.24) is 4.90 Å². The molecule has 126 valence electrons. The van der Waals surface area contributed by atoms with E-state index in [9.17, 15) is 9.59 Å². The third-order valence-electron chi connectivity index (χ3n) is 4.33. The number of anilines is 1. The maximum atomic E-state index is 12.3. The van der Waals surface area contributed by atoms with Gasteiger partial charge in [-0.15, -0.1) is 12.4 Å². The van der Waals surface area contributed by atoms with Gasteiger partial charge in [-0.3, -0.25) is 9.59 Å². The Hall–Kier alpha value is -1.79. The van der Waals surface area contributed by atoms with E-state index in [1.165, 1.54) is 0 Å². The molecule has 6 nitrogen and oxygen atoms in total. The molecule has 0 radical (unpaired) electrons. The number of hydrogen-bond donors (Lipinski definition) is 1. The van der Waals surface area contributed by atoms with Crippen LogP contribution in [0.15, 0.2) is 24.3 Å². The lowest BCUT2D eigenvalue weighted by molar-refractivity contribution is -0.130. The maximum absolute atomic E-state index is 12.3. The first-order valence-electron chi connectivity index (χ1n) is 7.69. The lowest BCUT2D eigenvalue weighted by atomic mass is 10.1. The van der Waals surface area contributed by atoms with Crippen molar-refractivity contribution in [3.63, 3.8) is 0 Å². The minimum Gasteiger partial charge on any atom is -0.482 e. The van der Waals surface area contributed by atoms with Crippen LogP contribution < -0.4 is 15.4 Å². The second-order valence-electron chi connectivity index (χ2n) is 5.78. The van der Waals surface area contributed by atoms with Crippen molar-refractivity contribution in [2.24, 2.45) is 11.7 Å². The Morgan fingerprint density at radius 1 is 1.35 bits per heavy atom. The summed E-state index contributed by atoms with van der Waals surface area (Å²) < 4.78 is 5.40. The summed E-state index contributed by atoms with van der Waals surface area (Å²) in [5.41, 5.74) is 6.40. The van der Waals surface area contributed by atoms with Gasteiger partial charge in [0, 0.05) is 26.1 Å². The molecule has 1 unspecified atom stereocenters. The Morgan fingerprint density at radius 3 is 2.87 bits per heavy atom. The fourth-order valence-electron chi connectivity index (χ4n) is 3.02. The average Bonchev–Trinajstić information content (AvgIpc) is 3.03. The van der Waals surface area contributed by atoms with Gasteiger partial charge in [0.1, 0.15) is 5.75 Å². The fraction of sp³-hybridized carbons (Fsp3) is 0.500. The highest BCUT2D eigenvalue weighted by atomic mass is 35.5. The summed E-state index contributed by atoms with van der Waals surface area (Å²) in [6, 6.07) is 7.41. The molecule has 0 spiro atoms. The molecular formula is C16H22ClN3O3. The summed E-state index contributed by atoms with van der Waals surface area (Å²) in [5, 5.41) is 0. The van der Waals surface area contributed by atoms with Crippen LogP contribution in [0.5, 0.6) is 5.75 Å². The second-order valence-corrected chi connectivity index (χ2v) is 5.78. The van der Waals surface area contributed by atoms with Crippen LogP contribution in [0.25, 0.3) is 0 Å². The van der Waals surface area contributed by atoms with Crippen LogP contribution in [0.4, 0.5) is 5.69 Å². The summed E-state index contributed by atoms with van der Waals surface area (Å²) in [6.45, 7) is 2.56. The summed E-state index contributed by atoms with van der Waals surface area (Å²) in [7, 11) is 0. The van der Waals surface area contributed by atoms with Gasteiger partial charge in [-0.2, -0.15) is 0 Å². The Bertz CT molecular complexity index is 581. The highest BCUT2D eigenvalue weighted by Gasteiger charge is 2.28. The molecule has 0 aliphatic carbocycles. The number of likely N-dealkylation sites (tertiary alicyclic amines) is 1. The second kappa shape index (κ2) is 7.66. The Balaban J connectivity index is 0.00000192. The molecule has 0 saturated carbocycles. The lowest BCUT2D eigenvalue weighted by Gasteiger charge is -2.29. The Labute approximate surface area is 142 Å². The standard InChI is InChI=1S/C16H21N3O3.ClH/c17-9-12-5-7-18(10-12)15(20)6-8-19-13-3-1-2-4-14(13)22-11-16(19)21;/h1-4,12H,5-11,17H2;1H. The van der Waals surface area contributed by atoms with Crippen LogP contribution in [-0.2, 0) is 9.59 Å². The zero-order valence-electron chi connectivity index (χ0n) is 12.9. The van der Waals surface area contributed by atoms with Crippen molar-refractivity contribution < 1.29 is 14.3 Å². The van der Waals surface area contributed by atoms with E-state index in [-0.39, 0.29) is 30.8 Å². The number of carbonyl (C=O) groups excluding carboxylic acids is 2. The smallest absolute Gasteiger partial charge is 0.265 e. The molecule has 2 aliphatic rings. The summed E-state index contributed by atoms with van der Waals surface area (Å²) >= 11 is 0. The quantitative estimate of drug-likeness (QED) is 0.889. The molecule has 0 aromatic heterocycles. The SMILES string of the molecule is Cl.NCC1CCN(C(=O)CCN2C(=O)COc3ccccc32)C1. The van der Waals surface area contributed by atoms with Gasteiger partial charge in [-0.1, -0.05) is 12.1 Å². The molecule has 1 saturated heterocycles. The summed E-state index contributed by atoms with van der Waals surface area (Å²) in [5.74, 6) is 1.09. The number of amides is 2. The van der Waals surface area contributed by atoms with Crippen molar-refractivity contribution in [3.05, 3.63) is 24.3 Å². The number of benzene rings is 1.